The predicted octanol–water partition coefficient (Wildman–Crippen LogP) is 2.80. The molecular weight excluding hydrogens is 370 g/mol. The second-order valence-electron chi connectivity index (χ2n) is 9.63. The SMILES string of the molecule is CC1=[N+](C)C2CCCCC2NCCNC2CCCCC2[N+](C)=C(C)c2cccc1n2. The highest BCUT2D eigenvalue weighted by Gasteiger charge is 2.35. The molecule has 164 valence electrons. The summed E-state index contributed by atoms with van der Waals surface area (Å²) in [5.74, 6) is 0. The molecule has 0 amide bonds. The minimum absolute atomic E-state index is 0.546. The van der Waals surface area contributed by atoms with Crippen molar-refractivity contribution in [2.45, 2.75) is 89.4 Å². The average molecular weight is 412 g/mol. The number of rotatable bonds is 0. The van der Waals surface area contributed by atoms with E-state index in [0.717, 1.165) is 24.5 Å². The van der Waals surface area contributed by atoms with Crippen LogP contribution in [-0.4, -0.2) is 76.9 Å². The molecule has 2 N–H and O–H groups in total. The van der Waals surface area contributed by atoms with Gasteiger partial charge in [-0.1, -0.05) is 18.9 Å². The molecule has 5 heteroatoms. The highest BCUT2D eigenvalue weighted by atomic mass is 15.1. The first-order valence-electron chi connectivity index (χ1n) is 12.1. The Labute approximate surface area is 182 Å². The average Bonchev–Trinajstić information content (AvgIpc) is 2.80. The smallest absolute Gasteiger partial charge is 0.198 e. The molecule has 1 aromatic heterocycles. The fraction of sp³-hybridized carbons (Fsp3) is 0.720. The van der Waals surface area contributed by atoms with Crippen molar-refractivity contribution < 1.29 is 9.15 Å². The van der Waals surface area contributed by atoms with Crippen LogP contribution in [0.25, 0.3) is 0 Å². The van der Waals surface area contributed by atoms with Crippen LogP contribution >= 0.6 is 0 Å². The van der Waals surface area contributed by atoms with Gasteiger partial charge in [-0.3, -0.25) is 0 Å². The van der Waals surface area contributed by atoms with Crippen LogP contribution in [0.5, 0.6) is 0 Å². The molecule has 2 saturated carbocycles. The molecule has 0 aromatic carbocycles. The number of hydrogen-bond donors (Lipinski definition) is 2. The van der Waals surface area contributed by atoms with Gasteiger partial charge in [-0.05, 0) is 37.8 Å². The maximum atomic E-state index is 5.12. The van der Waals surface area contributed by atoms with E-state index in [4.69, 9.17) is 4.98 Å². The minimum Gasteiger partial charge on any atom is -0.307 e. The topological polar surface area (TPSA) is 43.0 Å². The second kappa shape index (κ2) is 9.69. The van der Waals surface area contributed by atoms with Crippen LogP contribution in [0.4, 0.5) is 0 Å². The van der Waals surface area contributed by atoms with E-state index >= 15 is 0 Å². The van der Waals surface area contributed by atoms with E-state index in [1.165, 1.54) is 62.8 Å². The third-order valence-electron chi connectivity index (χ3n) is 7.94. The Hall–Kier alpha value is -1.59. The molecule has 3 aliphatic rings. The van der Waals surface area contributed by atoms with Crippen molar-refractivity contribution in [3.8, 4) is 0 Å². The number of pyridine rings is 1. The fourth-order valence-corrected chi connectivity index (χ4v) is 5.84. The summed E-state index contributed by atoms with van der Waals surface area (Å²) in [7, 11) is 4.53. The molecule has 0 spiro atoms. The molecular formula is C25H41N5+2. The maximum absolute atomic E-state index is 5.12. The number of nitrogens with zero attached hydrogens (tertiary/aromatic N) is 3. The van der Waals surface area contributed by atoms with E-state index in [-0.39, 0.29) is 0 Å². The van der Waals surface area contributed by atoms with Crippen LogP contribution in [0.1, 0.15) is 76.6 Å². The zero-order valence-corrected chi connectivity index (χ0v) is 19.5. The summed E-state index contributed by atoms with van der Waals surface area (Å²) < 4.78 is 4.99. The van der Waals surface area contributed by atoms with Crippen molar-refractivity contribution in [3.05, 3.63) is 29.6 Å². The molecule has 1 aliphatic heterocycles. The van der Waals surface area contributed by atoms with Crippen molar-refractivity contribution >= 4 is 11.4 Å². The monoisotopic (exact) mass is 411 g/mol. The van der Waals surface area contributed by atoms with Crippen LogP contribution in [0.3, 0.4) is 0 Å². The highest BCUT2D eigenvalue weighted by Crippen LogP contribution is 2.23. The van der Waals surface area contributed by atoms with Crippen LogP contribution < -0.4 is 10.6 Å². The van der Waals surface area contributed by atoms with Gasteiger partial charge in [-0.15, -0.1) is 0 Å². The van der Waals surface area contributed by atoms with Crippen molar-refractivity contribution in [2.24, 2.45) is 0 Å². The summed E-state index contributed by atoms with van der Waals surface area (Å²) in [5, 5.41) is 7.82. The molecule has 30 heavy (non-hydrogen) atoms. The second-order valence-corrected chi connectivity index (χ2v) is 9.63. The zero-order valence-electron chi connectivity index (χ0n) is 19.5. The van der Waals surface area contributed by atoms with E-state index in [0.29, 0.717) is 24.2 Å². The lowest BCUT2D eigenvalue weighted by Crippen LogP contribution is -2.52. The molecule has 2 aliphatic carbocycles. The molecule has 4 unspecified atom stereocenters. The Balaban J connectivity index is 1.75. The van der Waals surface area contributed by atoms with Crippen molar-refractivity contribution in [2.75, 3.05) is 27.2 Å². The van der Waals surface area contributed by atoms with Gasteiger partial charge in [0.25, 0.3) is 0 Å². The van der Waals surface area contributed by atoms with Crippen LogP contribution in [0, 0.1) is 0 Å². The highest BCUT2D eigenvalue weighted by molar-refractivity contribution is 5.97. The van der Waals surface area contributed by atoms with Crippen molar-refractivity contribution in [1.29, 1.82) is 0 Å². The largest absolute Gasteiger partial charge is 0.307 e. The van der Waals surface area contributed by atoms with E-state index < -0.39 is 0 Å². The number of fused-ring (bicyclic) bond motifs is 4. The predicted molar refractivity (Wildman–Crippen MR) is 124 cm³/mol. The van der Waals surface area contributed by atoms with Crippen LogP contribution in [0.15, 0.2) is 18.2 Å². The number of aromatic nitrogens is 1. The first kappa shape index (κ1) is 21.6. The van der Waals surface area contributed by atoms with Gasteiger partial charge in [-0.2, -0.15) is 0 Å². The molecule has 4 atom stereocenters. The van der Waals surface area contributed by atoms with Crippen molar-refractivity contribution in [3.63, 3.8) is 0 Å². The quantitative estimate of drug-likeness (QED) is 0.645. The number of nitrogens with one attached hydrogen (secondary N) is 2. The maximum Gasteiger partial charge on any atom is 0.198 e. The Morgan fingerprint density at radius 3 is 1.63 bits per heavy atom. The first-order valence-corrected chi connectivity index (χ1v) is 12.1. The molecule has 2 bridgehead atoms. The van der Waals surface area contributed by atoms with E-state index in [2.05, 4.69) is 65.9 Å². The Bertz CT molecular complexity index is 748. The Morgan fingerprint density at radius 2 is 1.17 bits per heavy atom. The van der Waals surface area contributed by atoms with E-state index in [9.17, 15) is 0 Å². The standard InChI is InChI=1S/C25H41N5/c1-18-20-12-9-13-21(28-20)19(2)30(4)25-15-8-6-11-23(25)27-17-16-26-22-10-5-7-14-24(22)29(18)3/h9,12-13,22-27H,5-8,10-11,14-17H2,1-4H3/q+2. The molecule has 0 saturated heterocycles. The Morgan fingerprint density at radius 1 is 0.733 bits per heavy atom. The van der Waals surface area contributed by atoms with E-state index in [1.54, 1.807) is 0 Å². The molecule has 0 radical (unpaired) electrons. The first-order chi connectivity index (χ1) is 14.6. The van der Waals surface area contributed by atoms with Gasteiger partial charge in [0, 0.05) is 39.8 Å². The molecule has 4 rings (SSSR count). The summed E-state index contributed by atoms with van der Waals surface area (Å²) in [5.41, 5.74) is 4.80. The van der Waals surface area contributed by atoms with Gasteiger partial charge in [-0.25, -0.2) is 14.1 Å². The van der Waals surface area contributed by atoms with Crippen LogP contribution in [-0.2, 0) is 0 Å². The fourth-order valence-electron chi connectivity index (χ4n) is 5.84. The zero-order chi connectivity index (χ0) is 21.1. The van der Waals surface area contributed by atoms with Gasteiger partial charge in [0.1, 0.15) is 25.5 Å². The molecule has 5 nitrogen and oxygen atoms in total. The molecule has 1 aromatic rings. The third-order valence-corrected chi connectivity index (χ3v) is 7.94. The lowest BCUT2D eigenvalue weighted by Gasteiger charge is -2.31. The summed E-state index contributed by atoms with van der Waals surface area (Å²) in [6, 6.07) is 8.75. The summed E-state index contributed by atoms with van der Waals surface area (Å²) in [4.78, 5) is 5.12. The van der Waals surface area contributed by atoms with E-state index in [1.807, 2.05) is 0 Å². The van der Waals surface area contributed by atoms with Gasteiger partial charge in [0.15, 0.2) is 23.5 Å². The van der Waals surface area contributed by atoms with Crippen molar-refractivity contribution in [1.82, 2.24) is 15.6 Å². The van der Waals surface area contributed by atoms with Crippen LogP contribution in [0.2, 0.25) is 0 Å². The minimum atomic E-state index is 0.546. The number of hydrogen-bond acceptors (Lipinski definition) is 3. The number of likely N-dealkylation sites (N-methyl/N-ethyl adjacent to an activating group) is 2. The van der Waals surface area contributed by atoms with Gasteiger partial charge >= 0.3 is 0 Å². The third kappa shape index (κ3) is 4.52. The summed E-state index contributed by atoms with van der Waals surface area (Å²) >= 11 is 0. The van der Waals surface area contributed by atoms with Gasteiger partial charge in [0.2, 0.25) is 0 Å². The molecule has 2 fully saturated rings. The lowest BCUT2D eigenvalue weighted by molar-refractivity contribution is -0.545. The normalized spacial score (nSPS) is 31.5. The summed E-state index contributed by atoms with van der Waals surface area (Å²) in [6.07, 6.45) is 10.4. The lowest BCUT2D eigenvalue weighted by atomic mass is 9.89. The molecule has 2 heterocycles. The van der Waals surface area contributed by atoms with Gasteiger partial charge in [0.05, 0.1) is 12.1 Å². The Kier molecular flexibility index (Phi) is 6.99. The van der Waals surface area contributed by atoms with Gasteiger partial charge < -0.3 is 10.6 Å². The summed E-state index contributed by atoms with van der Waals surface area (Å²) in [6.45, 7) is 6.59.